The minimum Gasteiger partial charge on any atom is -0.496 e. The fraction of sp³-hybridized carbons (Fsp3) is 0.385. The normalized spacial score (nSPS) is 12.9. The number of carbonyl (C=O) groups excluding carboxylic acids is 1. The third-order valence-electron chi connectivity index (χ3n) is 2.33. The molecule has 1 atom stereocenters. The zero-order chi connectivity index (χ0) is 15.1. The SMILES string of the molecule is COc1cc(/C(C)=C/C(=O)OC[C@H](O)CO)oc(=O)c1. The molecule has 0 amide bonds. The van der Waals surface area contributed by atoms with E-state index < -0.39 is 24.3 Å². The second-order valence-corrected chi connectivity index (χ2v) is 3.97. The minimum atomic E-state index is -1.12. The van der Waals surface area contributed by atoms with E-state index in [1.807, 2.05) is 0 Å². The average molecular weight is 284 g/mol. The lowest BCUT2D eigenvalue weighted by Crippen LogP contribution is -2.21. The van der Waals surface area contributed by atoms with E-state index in [1.165, 1.54) is 19.2 Å². The third kappa shape index (κ3) is 4.87. The number of esters is 1. The molecule has 0 aliphatic carbocycles. The summed E-state index contributed by atoms with van der Waals surface area (Å²) in [5.41, 5.74) is -0.236. The average Bonchev–Trinajstić information content (AvgIpc) is 2.43. The first kappa shape index (κ1) is 15.9. The standard InChI is InChI=1S/C13H16O7/c1-8(3-12(16)19-7-9(15)6-14)11-4-10(18-2)5-13(17)20-11/h3-5,9,14-15H,6-7H2,1-2H3/b8-3+/t9-/m1/s1. The number of aliphatic hydroxyl groups is 2. The third-order valence-corrected chi connectivity index (χ3v) is 2.33. The number of hydrogen-bond donors (Lipinski definition) is 2. The van der Waals surface area contributed by atoms with Gasteiger partial charge in [0.15, 0.2) is 0 Å². The van der Waals surface area contributed by atoms with Crippen LogP contribution in [0.3, 0.4) is 0 Å². The lowest BCUT2D eigenvalue weighted by atomic mass is 10.2. The fourth-order valence-corrected chi connectivity index (χ4v) is 1.29. The van der Waals surface area contributed by atoms with Crippen LogP contribution in [0.5, 0.6) is 5.75 Å². The second kappa shape index (κ2) is 7.46. The minimum absolute atomic E-state index is 0.175. The van der Waals surface area contributed by atoms with Crippen molar-refractivity contribution < 1.29 is 28.9 Å². The molecule has 7 nitrogen and oxygen atoms in total. The molecular weight excluding hydrogens is 268 g/mol. The Bertz CT molecular complexity index is 544. The number of carbonyl (C=O) groups is 1. The maximum atomic E-state index is 11.4. The van der Waals surface area contributed by atoms with Gasteiger partial charge in [-0.2, -0.15) is 0 Å². The first-order valence-electron chi connectivity index (χ1n) is 5.79. The Morgan fingerprint density at radius 1 is 1.50 bits per heavy atom. The van der Waals surface area contributed by atoms with Gasteiger partial charge >= 0.3 is 11.6 Å². The van der Waals surface area contributed by atoms with Crippen molar-refractivity contribution in [1.29, 1.82) is 0 Å². The predicted molar refractivity (Wildman–Crippen MR) is 69.2 cm³/mol. The van der Waals surface area contributed by atoms with E-state index in [0.717, 1.165) is 6.08 Å². The smallest absolute Gasteiger partial charge is 0.339 e. The van der Waals surface area contributed by atoms with Crippen LogP contribution in [0.25, 0.3) is 5.57 Å². The molecule has 0 bridgehead atoms. The fourth-order valence-electron chi connectivity index (χ4n) is 1.29. The van der Waals surface area contributed by atoms with Crippen LogP contribution in [0.4, 0.5) is 0 Å². The van der Waals surface area contributed by atoms with E-state index in [0.29, 0.717) is 11.3 Å². The molecule has 2 N–H and O–H groups in total. The van der Waals surface area contributed by atoms with E-state index in [2.05, 4.69) is 0 Å². The van der Waals surface area contributed by atoms with Crippen molar-refractivity contribution in [3.63, 3.8) is 0 Å². The van der Waals surface area contributed by atoms with Gasteiger partial charge < -0.3 is 24.1 Å². The largest absolute Gasteiger partial charge is 0.496 e. The summed E-state index contributed by atoms with van der Waals surface area (Å²) in [4.78, 5) is 22.7. The Balaban J connectivity index is 2.80. The highest BCUT2D eigenvalue weighted by molar-refractivity contribution is 5.90. The summed E-state index contributed by atoms with van der Waals surface area (Å²) in [6.45, 7) is 0.739. The van der Waals surface area contributed by atoms with Crippen LogP contribution in [-0.4, -0.2) is 42.6 Å². The van der Waals surface area contributed by atoms with Crippen LogP contribution in [0.1, 0.15) is 12.7 Å². The number of aliphatic hydroxyl groups excluding tert-OH is 2. The van der Waals surface area contributed by atoms with Gasteiger partial charge in [0.25, 0.3) is 0 Å². The molecule has 1 rings (SSSR count). The molecule has 0 saturated heterocycles. The molecule has 1 heterocycles. The number of hydrogen-bond acceptors (Lipinski definition) is 7. The van der Waals surface area contributed by atoms with E-state index in [4.69, 9.17) is 24.1 Å². The summed E-state index contributed by atoms with van der Waals surface area (Å²) in [5, 5.41) is 17.6. The Kier molecular flexibility index (Phi) is 5.95. The molecule has 1 aromatic heterocycles. The Hall–Kier alpha value is -2.12. The highest BCUT2D eigenvalue weighted by Gasteiger charge is 2.09. The zero-order valence-corrected chi connectivity index (χ0v) is 11.2. The monoisotopic (exact) mass is 284 g/mol. The van der Waals surface area contributed by atoms with Crippen LogP contribution in [-0.2, 0) is 9.53 Å². The van der Waals surface area contributed by atoms with Gasteiger partial charge in [0, 0.05) is 12.1 Å². The molecule has 20 heavy (non-hydrogen) atoms. The molecule has 0 fully saturated rings. The van der Waals surface area contributed by atoms with Gasteiger partial charge in [-0.15, -0.1) is 0 Å². The van der Waals surface area contributed by atoms with Crippen molar-refractivity contribution in [2.45, 2.75) is 13.0 Å². The summed E-state index contributed by atoms with van der Waals surface area (Å²) in [7, 11) is 1.40. The van der Waals surface area contributed by atoms with Gasteiger partial charge in [-0.1, -0.05) is 0 Å². The Labute approximate surface area is 115 Å². The van der Waals surface area contributed by atoms with Gasteiger partial charge in [0.2, 0.25) is 0 Å². The quantitative estimate of drug-likeness (QED) is 0.557. The van der Waals surface area contributed by atoms with Gasteiger partial charge in [-0.3, -0.25) is 0 Å². The molecule has 0 radical (unpaired) electrons. The zero-order valence-electron chi connectivity index (χ0n) is 11.2. The van der Waals surface area contributed by atoms with Crippen LogP contribution in [0.2, 0.25) is 0 Å². The van der Waals surface area contributed by atoms with E-state index in [9.17, 15) is 9.59 Å². The van der Waals surface area contributed by atoms with E-state index >= 15 is 0 Å². The first-order chi connectivity index (χ1) is 9.46. The van der Waals surface area contributed by atoms with Crippen LogP contribution >= 0.6 is 0 Å². The molecule has 0 aliphatic rings. The summed E-state index contributed by atoms with van der Waals surface area (Å²) < 4.78 is 14.5. The molecule has 7 heteroatoms. The molecule has 110 valence electrons. The Morgan fingerprint density at radius 3 is 2.80 bits per heavy atom. The number of rotatable bonds is 6. The number of allylic oxidation sites excluding steroid dienone is 1. The maximum absolute atomic E-state index is 11.4. The molecule has 0 saturated carbocycles. The van der Waals surface area contributed by atoms with Gasteiger partial charge in [0.1, 0.15) is 24.2 Å². The van der Waals surface area contributed by atoms with Gasteiger partial charge in [-0.25, -0.2) is 9.59 Å². The Morgan fingerprint density at radius 2 is 2.20 bits per heavy atom. The predicted octanol–water partition coefficient (Wildman–Crippen LogP) is -0.0519. The summed E-state index contributed by atoms with van der Waals surface area (Å²) in [5.74, 6) is -0.234. The lowest BCUT2D eigenvalue weighted by Gasteiger charge is -2.07. The molecular formula is C13H16O7. The summed E-state index contributed by atoms with van der Waals surface area (Å²) in [6.07, 6.45) is -0.00987. The van der Waals surface area contributed by atoms with Gasteiger partial charge in [-0.05, 0) is 12.5 Å². The number of ether oxygens (including phenoxy) is 2. The van der Waals surface area contributed by atoms with Crippen LogP contribution < -0.4 is 10.4 Å². The van der Waals surface area contributed by atoms with Crippen LogP contribution in [0.15, 0.2) is 27.4 Å². The van der Waals surface area contributed by atoms with Crippen molar-refractivity contribution in [1.82, 2.24) is 0 Å². The topological polar surface area (TPSA) is 106 Å². The van der Waals surface area contributed by atoms with E-state index in [1.54, 1.807) is 6.92 Å². The molecule has 0 aliphatic heterocycles. The summed E-state index contributed by atoms with van der Waals surface area (Å²) >= 11 is 0. The molecule has 0 unspecified atom stereocenters. The van der Waals surface area contributed by atoms with Crippen molar-refractivity contribution in [2.75, 3.05) is 20.3 Å². The second-order valence-electron chi connectivity index (χ2n) is 3.97. The molecule has 1 aromatic rings. The van der Waals surface area contributed by atoms with Crippen molar-refractivity contribution in [3.05, 3.63) is 34.4 Å². The number of methoxy groups -OCH3 is 1. The molecule has 0 aromatic carbocycles. The first-order valence-corrected chi connectivity index (χ1v) is 5.79. The highest BCUT2D eigenvalue weighted by atomic mass is 16.5. The lowest BCUT2D eigenvalue weighted by molar-refractivity contribution is -0.141. The highest BCUT2D eigenvalue weighted by Crippen LogP contribution is 2.17. The van der Waals surface area contributed by atoms with Crippen molar-refractivity contribution in [2.24, 2.45) is 0 Å². The van der Waals surface area contributed by atoms with Crippen molar-refractivity contribution >= 4 is 11.5 Å². The molecule has 0 spiro atoms. The van der Waals surface area contributed by atoms with Gasteiger partial charge in [0.05, 0.1) is 19.8 Å². The summed E-state index contributed by atoms with van der Waals surface area (Å²) in [6, 6.07) is 2.63. The van der Waals surface area contributed by atoms with Crippen molar-refractivity contribution in [3.8, 4) is 5.75 Å². The van der Waals surface area contributed by atoms with E-state index in [-0.39, 0.29) is 12.4 Å². The van der Waals surface area contributed by atoms with Crippen LogP contribution in [0, 0.1) is 0 Å². The maximum Gasteiger partial charge on any atom is 0.339 e.